The number of hydrogen-bond donors (Lipinski definition) is 4. The van der Waals surface area contributed by atoms with E-state index in [-0.39, 0.29) is 11.5 Å². The third-order valence-electron chi connectivity index (χ3n) is 3.28. The zero-order valence-corrected chi connectivity index (χ0v) is 12.1. The molecule has 1 aliphatic rings. The molecule has 7 heteroatoms. The van der Waals surface area contributed by atoms with E-state index >= 15 is 0 Å². The Morgan fingerprint density at radius 2 is 2.24 bits per heavy atom. The molecule has 112 valence electrons. The van der Waals surface area contributed by atoms with Crippen molar-refractivity contribution in [3.63, 3.8) is 0 Å². The molecule has 0 amide bonds. The van der Waals surface area contributed by atoms with Crippen LogP contribution in [0.5, 0.6) is 11.5 Å². The van der Waals surface area contributed by atoms with Gasteiger partial charge in [0.1, 0.15) is 6.04 Å². The number of aromatic hydroxyl groups is 1. The average molecular weight is 290 g/mol. The minimum Gasteiger partial charge on any atom is -0.504 e. The maximum absolute atomic E-state index is 11.9. The van der Waals surface area contributed by atoms with Crippen LogP contribution >= 0.6 is 0 Å². The van der Waals surface area contributed by atoms with Crippen molar-refractivity contribution in [1.82, 2.24) is 10.7 Å². The van der Waals surface area contributed by atoms with Gasteiger partial charge in [-0.1, -0.05) is 6.07 Å². The van der Waals surface area contributed by atoms with Gasteiger partial charge in [0, 0.05) is 11.3 Å². The number of carbonyl (C=O) groups excluding carboxylic acids is 1. The minimum absolute atomic E-state index is 0.0291. The van der Waals surface area contributed by atoms with Gasteiger partial charge < -0.3 is 15.2 Å². The first-order valence-electron chi connectivity index (χ1n) is 6.38. The monoisotopic (exact) mass is 290 g/mol. The smallest absolute Gasteiger partial charge is 0.210 e. The van der Waals surface area contributed by atoms with Gasteiger partial charge >= 0.3 is 0 Å². The topological polar surface area (TPSA) is 109 Å². The van der Waals surface area contributed by atoms with Gasteiger partial charge in [0.05, 0.1) is 7.11 Å². The van der Waals surface area contributed by atoms with Crippen LogP contribution < -0.4 is 21.3 Å². The van der Waals surface area contributed by atoms with Crippen LogP contribution in [-0.4, -0.2) is 24.0 Å². The van der Waals surface area contributed by atoms with Crippen molar-refractivity contribution in [2.45, 2.75) is 19.9 Å². The second kappa shape index (κ2) is 5.84. The lowest BCUT2D eigenvalue weighted by Gasteiger charge is -2.25. The summed E-state index contributed by atoms with van der Waals surface area (Å²) in [5.74, 6) is 6.03. The molecular formula is C14H18N4O3. The maximum Gasteiger partial charge on any atom is 0.210 e. The standard InChI is InChI=1S/C14H18N4O3/c1-7-12(8(2)19)13(17-14(16-7)18-15)9-4-5-10(20)11(6-9)21-3/h4-6,13,20H,15H2,1-3H3,(H2,16,17,18). The summed E-state index contributed by atoms with van der Waals surface area (Å²) >= 11 is 0. The Morgan fingerprint density at radius 1 is 1.52 bits per heavy atom. The highest BCUT2D eigenvalue weighted by Gasteiger charge is 2.27. The van der Waals surface area contributed by atoms with Crippen LogP contribution in [-0.2, 0) is 4.79 Å². The molecule has 1 atom stereocenters. The summed E-state index contributed by atoms with van der Waals surface area (Å²) in [5.41, 5.74) is 4.40. The van der Waals surface area contributed by atoms with Gasteiger partial charge in [0.15, 0.2) is 17.3 Å². The summed E-state index contributed by atoms with van der Waals surface area (Å²) in [4.78, 5) is 16.3. The molecule has 7 nitrogen and oxygen atoms in total. The summed E-state index contributed by atoms with van der Waals surface area (Å²) in [5, 5.41) is 12.6. The van der Waals surface area contributed by atoms with Crippen molar-refractivity contribution < 1.29 is 14.6 Å². The molecule has 0 saturated heterocycles. The zero-order chi connectivity index (χ0) is 15.6. The van der Waals surface area contributed by atoms with Crippen molar-refractivity contribution in [3.05, 3.63) is 35.0 Å². The molecule has 0 bridgehead atoms. The van der Waals surface area contributed by atoms with E-state index in [1.165, 1.54) is 20.1 Å². The van der Waals surface area contributed by atoms with Gasteiger partial charge in [0.2, 0.25) is 5.96 Å². The van der Waals surface area contributed by atoms with Gasteiger partial charge in [-0.05, 0) is 31.5 Å². The largest absolute Gasteiger partial charge is 0.504 e. The number of ether oxygens (including phenoxy) is 1. The Balaban J connectivity index is 2.54. The van der Waals surface area contributed by atoms with Crippen LogP contribution in [0.25, 0.3) is 0 Å². The molecule has 1 heterocycles. The molecule has 0 fully saturated rings. The molecule has 0 saturated carbocycles. The van der Waals surface area contributed by atoms with E-state index in [1.54, 1.807) is 19.1 Å². The number of phenolic OH excluding ortho intramolecular Hbond substituents is 1. The Labute approximate surface area is 122 Å². The van der Waals surface area contributed by atoms with Crippen LogP contribution in [0, 0.1) is 0 Å². The van der Waals surface area contributed by atoms with Crippen LogP contribution in [0.2, 0.25) is 0 Å². The quantitative estimate of drug-likeness (QED) is 0.482. The van der Waals surface area contributed by atoms with Crippen molar-refractivity contribution in [2.24, 2.45) is 10.8 Å². The molecule has 1 aromatic rings. The van der Waals surface area contributed by atoms with Gasteiger partial charge in [-0.3, -0.25) is 10.2 Å². The number of nitrogens with zero attached hydrogens (tertiary/aromatic N) is 1. The molecule has 0 spiro atoms. The third kappa shape index (κ3) is 2.82. The van der Waals surface area contributed by atoms with Crippen molar-refractivity contribution >= 4 is 11.7 Å². The molecule has 5 N–H and O–H groups in total. The molecule has 0 aliphatic carbocycles. The number of nitrogens with one attached hydrogen (secondary N) is 2. The van der Waals surface area contributed by atoms with Gasteiger partial charge in [0.25, 0.3) is 0 Å². The summed E-state index contributed by atoms with van der Waals surface area (Å²) < 4.78 is 5.10. The number of guanidine groups is 1. The summed E-state index contributed by atoms with van der Waals surface area (Å²) in [6, 6.07) is 4.35. The first kappa shape index (κ1) is 14.9. The van der Waals surface area contributed by atoms with E-state index < -0.39 is 6.04 Å². The Morgan fingerprint density at radius 3 is 2.81 bits per heavy atom. The zero-order valence-electron chi connectivity index (χ0n) is 12.1. The highest BCUT2D eigenvalue weighted by atomic mass is 16.5. The summed E-state index contributed by atoms with van der Waals surface area (Å²) in [6.45, 7) is 3.27. The van der Waals surface area contributed by atoms with E-state index in [9.17, 15) is 9.90 Å². The number of aliphatic imine (C=N–C) groups is 1. The Hall–Kier alpha value is -2.54. The Kier molecular flexibility index (Phi) is 4.13. The van der Waals surface area contributed by atoms with Crippen LogP contribution in [0.3, 0.4) is 0 Å². The van der Waals surface area contributed by atoms with Gasteiger partial charge in [-0.2, -0.15) is 0 Å². The number of ketones is 1. The van der Waals surface area contributed by atoms with E-state index in [2.05, 4.69) is 15.7 Å². The number of phenols is 1. The fraction of sp³-hybridized carbons (Fsp3) is 0.286. The molecular weight excluding hydrogens is 272 g/mol. The number of allylic oxidation sites excluding steroid dienone is 1. The van der Waals surface area contributed by atoms with Crippen molar-refractivity contribution in [1.29, 1.82) is 0 Å². The second-order valence-corrected chi connectivity index (χ2v) is 4.68. The molecule has 1 aliphatic heterocycles. The maximum atomic E-state index is 11.9. The van der Waals surface area contributed by atoms with E-state index in [0.29, 0.717) is 23.0 Å². The van der Waals surface area contributed by atoms with Crippen LogP contribution in [0.4, 0.5) is 0 Å². The lowest BCUT2D eigenvalue weighted by Crippen LogP contribution is -2.44. The van der Waals surface area contributed by atoms with Crippen LogP contribution in [0.15, 0.2) is 34.5 Å². The fourth-order valence-corrected chi connectivity index (χ4v) is 2.31. The molecule has 21 heavy (non-hydrogen) atoms. The lowest BCUT2D eigenvalue weighted by atomic mass is 9.93. The van der Waals surface area contributed by atoms with Crippen molar-refractivity contribution in [3.8, 4) is 11.5 Å². The summed E-state index contributed by atoms with van der Waals surface area (Å²) in [6.07, 6.45) is 0. The average Bonchev–Trinajstić information content (AvgIpc) is 2.46. The predicted octanol–water partition coefficient (Wildman–Crippen LogP) is 0.727. The third-order valence-corrected chi connectivity index (χ3v) is 3.28. The molecule has 0 aromatic heterocycles. The first-order valence-corrected chi connectivity index (χ1v) is 6.38. The van der Waals surface area contributed by atoms with Crippen molar-refractivity contribution in [2.75, 3.05) is 7.11 Å². The number of carbonyl (C=O) groups is 1. The lowest BCUT2D eigenvalue weighted by molar-refractivity contribution is -0.114. The van der Waals surface area contributed by atoms with E-state index in [4.69, 9.17) is 10.6 Å². The second-order valence-electron chi connectivity index (χ2n) is 4.68. The fourth-order valence-electron chi connectivity index (χ4n) is 2.31. The number of methoxy groups -OCH3 is 1. The highest BCUT2D eigenvalue weighted by molar-refractivity contribution is 5.98. The Bertz CT molecular complexity index is 637. The molecule has 0 radical (unpaired) electrons. The number of hydrazine groups is 1. The number of nitrogens with two attached hydrogens (primary N) is 1. The number of benzene rings is 1. The predicted molar refractivity (Wildman–Crippen MR) is 78.7 cm³/mol. The van der Waals surface area contributed by atoms with Crippen LogP contribution in [0.1, 0.15) is 25.5 Å². The van der Waals surface area contributed by atoms with Gasteiger partial charge in [-0.15, -0.1) is 0 Å². The summed E-state index contributed by atoms with van der Waals surface area (Å²) in [7, 11) is 1.46. The molecule has 2 rings (SSSR count). The van der Waals surface area contributed by atoms with Gasteiger partial charge in [-0.25, -0.2) is 10.8 Å². The highest BCUT2D eigenvalue weighted by Crippen LogP contribution is 2.35. The number of hydrogen-bond acceptors (Lipinski definition) is 7. The molecule has 1 unspecified atom stereocenters. The normalized spacial score (nSPS) is 17.9. The SMILES string of the molecule is COc1cc(C2N=C(NN)NC(C)=C2C(C)=O)ccc1O. The minimum atomic E-state index is -0.510. The first-order chi connectivity index (χ1) is 9.97. The number of rotatable bonds is 3. The number of Topliss-reactive ketones (excluding diaryl/α,β-unsaturated/α-hetero) is 1. The molecule has 1 aromatic carbocycles. The van der Waals surface area contributed by atoms with E-state index in [0.717, 1.165) is 5.56 Å². The van der Waals surface area contributed by atoms with E-state index in [1.807, 2.05) is 0 Å².